The van der Waals surface area contributed by atoms with Gasteiger partial charge in [-0.15, -0.1) is 0 Å². The molecule has 0 spiro atoms. The Morgan fingerprint density at radius 3 is 2.57 bits per heavy atom. The predicted molar refractivity (Wildman–Crippen MR) is 118 cm³/mol. The van der Waals surface area contributed by atoms with E-state index < -0.39 is 0 Å². The Kier molecular flexibility index (Phi) is 5.72. The molecule has 3 rings (SSSR count). The minimum absolute atomic E-state index is 0.102. The minimum Gasteiger partial charge on any atom is -0.496 e. The highest BCUT2D eigenvalue weighted by Crippen LogP contribution is 2.46. The van der Waals surface area contributed by atoms with E-state index in [1.807, 2.05) is 18.2 Å². The van der Waals surface area contributed by atoms with Gasteiger partial charge in [-0.3, -0.25) is 0 Å². The van der Waals surface area contributed by atoms with Crippen molar-refractivity contribution < 1.29 is 4.74 Å². The van der Waals surface area contributed by atoms with Gasteiger partial charge < -0.3 is 9.64 Å². The maximum atomic E-state index is 9.71. The standard InChI is InChI=1S/C24H27ClN2O/c1-6-27-22-13-23(28-5)18(12-21(22)16(2)14-24(27,3)4)11-19(15-26)17-7-9-20(25)10-8-17/h7-13,16H,6,14H2,1-5H3/b19-11+. The molecule has 0 bridgehead atoms. The SMILES string of the molecule is CCN1c2cc(OC)c(/C=C(\C#N)c3ccc(Cl)cc3)cc2C(C)CC1(C)C. The van der Waals surface area contributed by atoms with Crippen molar-refractivity contribution in [2.24, 2.45) is 0 Å². The number of nitrogens with zero attached hydrogens (tertiary/aromatic N) is 2. The van der Waals surface area contributed by atoms with Crippen molar-refractivity contribution in [1.29, 1.82) is 5.26 Å². The summed E-state index contributed by atoms with van der Waals surface area (Å²) in [6.45, 7) is 10.0. The topological polar surface area (TPSA) is 36.3 Å². The van der Waals surface area contributed by atoms with Gasteiger partial charge in [-0.1, -0.05) is 30.7 Å². The minimum atomic E-state index is 0.102. The van der Waals surface area contributed by atoms with E-state index in [0.717, 1.165) is 29.8 Å². The van der Waals surface area contributed by atoms with E-state index in [1.54, 1.807) is 19.2 Å². The second kappa shape index (κ2) is 7.89. The molecule has 0 aliphatic carbocycles. The molecule has 1 atom stereocenters. The van der Waals surface area contributed by atoms with Crippen molar-refractivity contribution in [2.45, 2.75) is 45.6 Å². The van der Waals surface area contributed by atoms with Gasteiger partial charge in [0.25, 0.3) is 0 Å². The Balaban J connectivity index is 2.14. The van der Waals surface area contributed by atoms with Crippen LogP contribution in [0.5, 0.6) is 5.75 Å². The van der Waals surface area contributed by atoms with Gasteiger partial charge in [0.1, 0.15) is 5.75 Å². The molecule has 3 nitrogen and oxygen atoms in total. The Labute approximate surface area is 173 Å². The van der Waals surface area contributed by atoms with E-state index in [9.17, 15) is 5.26 Å². The highest BCUT2D eigenvalue weighted by Gasteiger charge is 2.36. The van der Waals surface area contributed by atoms with E-state index in [4.69, 9.17) is 16.3 Å². The Morgan fingerprint density at radius 1 is 1.32 bits per heavy atom. The van der Waals surface area contributed by atoms with Crippen molar-refractivity contribution in [3.63, 3.8) is 0 Å². The van der Waals surface area contributed by atoms with Gasteiger partial charge in [0, 0.05) is 34.4 Å². The summed E-state index contributed by atoms with van der Waals surface area (Å²) in [6.07, 6.45) is 3.00. The molecule has 1 aliphatic rings. The van der Waals surface area contributed by atoms with Gasteiger partial charge in [0.15, 0.2) is 0 Å². The monoisotopic (exact) mass is 394 g/mol. The fourth-order valence-corrected chi connectivity index (χ4v) is 4.51. The second-order valence-corrected chi connectivity index (χ2v) is 8.43. The van der Waals surface area contributed by atoms with Crippen molar-refractivity contribution in [1.82, 2.24) is 0 Å². The summed E-state index contributed by atoms with van der Waals surface area (Å²) < 4.78 is 5.71. The van der Waals surface area contributed by atoms with E-state index in [2.05, 4.69) is 50.8 Å². The average molecular weight is 395 g/mol. The average Bonchev–Trinajstić information content (AvgIpc) is 2.66. The first-order valence-corrected chi connectivity index (χ1v) is 10.1. The molecule has 2 aromatic carbocycles. The largest absolute Gasteiger partial charge is 0.496 e. The number of anilines is 1. The van der Waals surface area contributed by atoms with E-state index in [0.29, 0.717) is 16.5 Å². The summed E-state index contributed by atoms with van der Waals surface area (Å²) in [6, 6.07) is 14.0. The molecule has 1 heterocycles. The van der Waals surface area contributed by atoms with Crippen LogP contribution in [0.15, 0.2) is 36.4 Å². The summed E-state index contributed by atoms with van der Waals surface area (Å²) in [4.78, 5) is 2.45. The molecule has 4 heteroatoms. The maximum absolute atomic E-state index is 9.71. The molecule has 0 radical (unpaired) electrons. The number of nitriles is 1. The summed E-state index contributed by atoms with van der Waals surface area (Å²) in [5.41, 5.74) is 4.99. The first-order chi connectivity index (χ1) is 13.3. The molecule has 0 aromatic heterocycles. The third kappa shape index (κ3) is 3.75. The van der Waals surface area contributed by atoms with E-state index in [-0.39, 0.29) is 5.54 Å². The van der Waals surface area contributed by atoms with Gasteiger partial charge in [-0.25, -0.2) is 0 Å². The van der Waals surface area contributed by atoms with Crippen LogP contribution < -0.4 is 9.64 Å². The molecule has 28 heavy (non-hydrogen) atoms. The molecule has 0 saturated carbocycles. The van der Waals surface area contributed by atoms with Crippen LogP contribution in [0.4, 0.5) is 5.69 Å². The molecule has 1 aliphatic heterocycles. The number of ether oxygens (including phenoxy) is 1. The Bertz CT molecular complexity index is 938. The summed E-state index contributed by atoms with van der Waals surface area (Å²) in [5, 5.41) is 10.4. The van der Waals surface area contributed by atoms with Crippen molar-refractivity contribution in [3.05, 3.63) is 58.1 Å². The number of halogens is 1. The number of allylic oxidation sites excluding steroid dienone is 1. The number of fused-ring (bicyclic) bond motifs is 1. The summed E-state index contributed by atoms with van der Waals surface area (Å²) in [7, 11) is 1.68. The zero-order valence-electron chi connectivity index (χ0n) is 17.2. The third-order valence-corrected chi connectivity index (χ3v) is 5.88. The number of hydrogen-bond donors (Lipinski definition) is 0. The van der Waals surface area contributed by atoms with Gasteiger partial charge >= 0.3 is 0 Å². The van der Waals surface area contributed by atoms with Crippen LogP contribution in [-0.2, 0) is 0 Å². The van der Waals surface area contributed by atoms with Crippen LogP contribution in [0.3, 0.4) is 0 Å². The van der Waals surface area contributed by atoms with Gasteiger partial charge in [-0.05, 0) is 68.5 Å². The first kappa shape index (κ1) is 20.3. The Morgan fingerprint density at radius 2 is 2.00 bits per heavy atom. The smallest absolute Gasteiger partial charge is 0.128 e. The fraction of sp³-hybridized carbons (Fsp3) is 0.375. The van der Waals surface area contributed by atoms with Crippen LogP contribution in [0.1, 0.15) is 56.7 Å². The fourth-order valence-electron chi connectivity index (χ4n) is 4.38. The number of benzene rings is 2. The molecule has 0 saturated heterocycles. The van der Waals surface area contributed by atoms with Gasteiger partial charge in [0.2, 0.25) is 0 Å². The lowest BCUT2D eigenvalue weighted by atomic mass is 9.79. The third-order valence-electron chi connectivity index (χ3n) is 5.63. The lowest BCUT2D eigenvalue weighted by molar-refractivity contribution is 0.377. The molecule has 2 aromatic rings. The number of rotatable bonds is 4. The lowest BCUT2D eigenvalue weighted by Gasteiger charge is -2.47. The van der Waals surface area contributed by atoms with E-state index in [1.165, 1.54) is 11.3 Å². The number of methoxy groups -OCH3 is 1. The summed E-state index contributed by atoms with van der Waals surface area (Å²) >= 11 is 5.99. The van der Waals surface area contributed by atoms with Gasteiger partial charge in [-0.2, -0.15) is 5.26 Å². The maximum Gasteiger partial charge on any atom is 0.128 e. The van der Waals surface area contributed by atoms with Crippen LogP contribution >= 0.6 is 11.6 Å². The van der Waals surface area contributed by atoms with Gasteiger partial charge in [0.05, 0.1) is 18.8 Å². The normalized spacial score (nSPS) is 18.4. The highest BCUT2D eigenvalue weighted by molar-refractivity contribution is 6.30. The number of hydrogen-bond acceptors (Lipinski definition) is 3. The van der Waals surface area contributed by atoms with Crippen LogP contribution in [0.2, 0.25) is 5.02 Å². The van der Waals surface area contributed by atoms with Crippen LogP contribution in [-0.4, -0.2) is 19.2 Å². The molecular weight excluding hydrogens is 368 g/mol. The van der Waals surface area contributed by atoms with Crippen molar-refractivity contribution in [3.8, 4) is 11.8 Å². The molecule has 0 amide bonds. The molecule has 0 N–H and O–H groups in total. The molecule has 146 valence electrons. The predicted octanol–water partition coefficient (Wildman–Crippen LogP) is 6.52. The molecular formula is C24H27ClN2O. The second-order valence-electron chi connectivity index (χ2n) is 7.99. The quantitative estimate of drug-likeness (QED) is 0.437. The molecule has 1 unspecified atom stereocenters. The van der Waals surface area contributed by atoms with E-state index >= 15 is 0 Å². The molecule has 0 fully saturated rings. The first-order valence-electron chi connectivity index (χ1n) is 9.68. The highest BCUT2D eigenvalue weighted by atomic mass is 35.5. The van der Waals surface area contributed by atoms with Crippen molar-refractivity contribution in [2.75, 3.05) is 18.6 Å². The Hall–Kier alpha value is -2.44. The zero-order valence-corrected chi connectivity index (χ0v) is 18.0. The van der Waals surface area contributed by atoms with Crippen molar-refractivity contribution >= 4 is 28.9 Å². The van der Waals surface area contributed by atoms with Crippen LogP contribution in [0, 0.1) is 11.3 Å². The zero-order chi connectivity index (χ0) is 20.5. The van der Waals surface area contributed by atoms with Crippen LogP contribution in [0.25, 0.3) is 11.6 Å². The lowest BCUT2D eigenvalue weighted by Crippen LogP contribution is -2.48. The summed E-state index contributed by atoms with van der Waals surface area (Å²) in [5.74, 6) is 1.22.